The molecule has 0 saturated heterocycles. The van der Waals surface area contributed by atoms with Crippen molar-refractivity contribution in [2.24, 2.45) is 5.41 Å². The fraction of sp³-hybridized carbons (Fsp3) is 0.500. The molecule has 1 saturated carbocycles. The van der Waals surface area contributed by atoms with Gasteiger partial charge in [-0.25, -0.2) is 4.79 Å². The summed E-state index contributed by atoms with van der Waals surface area (Å²) in [5, 5.41) is 9.20. The van der Waals surface area contributed by atoms with E-state index in [1.54, 1.807) is 6.07 Å². The molecule has 4 nitrogen and oxygen atoms in total. The summed E-state index contributed by atoms with van der Waals surface area (Å²) >= 11 is 0. The van der Waals surface area contributed by atoms with Crippen LogP contribution >= 0.6 is 0 Å². The number of methoxy groups -OCH3 is 1. The second-order valence-corrected chi connectivity index (χ2v) is 4.36. The van der Waals surface area contributed by atoms with Crippen molar-refractivity contribution in [1.82, 2.24) is 4.98 Å². The van der Waals surface area contributed by atoms with Crippen LogP contribution in [-0.4, -0.2) is 29.8 Å². The van der Waals surface area contributed by atoms with E-state index in [9.17, 15) is 9.90 Å². The molecule has 1 fully saturated rings. The number of aliphatic hydroxyl groups excluding tert-OH is 1. The van der Waals surface area contributed by atoms with Crippen LogP contribution in [0.25, 0.3) is 0 Å². The summed E-state index contributed by atoms with van der Waals surface area (Å²) in [5.41, 5.74) is 1.43. The highest BCUT2D eigenvalue weighted by molar-refractivity contribution is 5.88. The highest BCUT2D eigenvalue weighted by Crippen LogP contribution is 2.47. The summed E-state index contributed by atoms with van der Waals surface area (Å²) in [4.78, 5) is 15.4. The number of aromatic nitrogens is 1. The predicted octanol–water partition coefficient (Wildman–Crippen LogP) is 1.18. The number of carbonyl (C=O) groups is 1. The molecule has 0 aromatic carbocycles. The highest BCUT2D eigenvalue weighted by atomic mass is 16.5. The Morgan fingerprint density at radius 1 is 1.56 bits per heavy atom. The molecular weight excluding hydrogens is 206 g/mol. The SMILES string of the molecule is COC(=O)c1ccc(CC2(CO)CC2)nc1. The number of esters is 1. The van der Waals surface area contributed by atoms with E-state index in [2.05, 4.69) is 9.72 Å². The molecule has 1 N–H and O–H groups in total. The average molecular weight is 221 g/mol. The Morgan fingerprint density at radius 3 is 2.75 bits per heavy atom. The second-order valence-electron chi connectivity index (χ2n) is 4.36. The molecule has 16 heavy (non-hydrogen) atoms. The Bertz CT molecular complexity index is 382. The third-order valence-corrected chi connectivity index (χ3v) is 3.09. The minimum atomic E-state index is -0.373. The van der Waals surface area contributed by atoms with Gasteiger partial charge in [-0.3, -0.25) is 4.98 Å². The number of aliphatic hydroxyl groups is 1. The van der Waals surface area contributed by atoms with Gasteiger partial charge in [-0.1, -0.05) is 0 Å². The first-order valence-corrected chi connectivity index (χ1v) is 5.33. The van der Waals surface area contributed by atoms with Gasteiger partial charge >= 0.3 is 5.97 Å². The molecule has 1 aromatic heterocycles. The minimum Gasteiger partial charge on any atom is -0.465 e. The first-order valence-electron chi connectivity index (χ1n) is 5.33. The molecular formula is C12H15NO3. The summed E-state index contributed by atoms with van der Waals surface area (Å²) < 4.78 is 4.59. The van der Waals surface area contributed by atoms with Gasteiger partial charge in [-0.05, 0) is 36.8 Å². The van der Waals surface area contributed by atoms with Crippen LogP contribution in [0.1, 0.15) is 28.9 Å². The third kappa shape index (κ3) is 2.22. The minimum absolute atomic E-state index is 0.0553. The van der Waals surface area contributed by atoms with Gasteiger partial charge in [0.2, 0.25) is 0 Å². The zero-order chi connectivity index (χ0) is 11.6. The van der Waals surface area contributed by atoms with Gasteiger partial charge < -0.3 is 9.84 Å². The summed E-state index contributed by atoms with van der Waals surface area (Å²) in [6, 6.07) is 3.53. The Kier molecular flexibility index (Phi) is 2.92. The highest BCUT2D eigenvalue weighted by Gasteiger charge is 2.42. The van der Waals surface area contributed by atoms with Gasteiger partial charge in [0.1, 0.15) is 0 Å². The first-order chi connectivity index (χ1) is 7.69. The molecule has 0 atom stereocenters. The van der Waals surface area contributed by atoms with E-state index < -0.39 is 0 Å². The normalized spacial score (nSPS) is 16.9. The largest absolute Gasteiger partial charge is 0.465 e. The standard InChI is InChI=1S/C12H15NO3/c1-16-11(15)9-2-3-10(13-7-9)6-12(8-14)4-5-12/h2-3,7,14H,4-6,8H2,1H3. The van der Waals surface area contributed by atoms with E-state index in [-0.39, 0.29) is 18.0 Å². The average Bonchev–Trinajstić information content (AvgIpc) is 3.09. The maximum atomic E-state index is 11.2. The number of hydrogen-bond donors (Lipinski definition) is 1. The number of pyridine rings is 1. The smallest absolute Gasteiger partial charge is 0.339 e. The zero-order valence-corrected chi connectivity index (χ0v) is 9.27. The maximum absolute atomic E-state index is 11.2. The van der Waals surface area contributed by atoms with Crippen molar-refractivity contribution in [2.75, 3.05) is 13.7 Å². The van der Waals surface area contributed by atoms with E-state index in [1.165, 1.54) is 13.3 Å². The van der Waals surface area contributed by atoms with Gasteiger partial charge in [-0.15, -0.1) is 0 Å². The fourth-order valence-corrected chi connectivity index (χ4v) is 1.72. The molecule has 1 aliphatic rings. The quantitative estimate of drug-likeness (QED) is 0.776. The van der Waals surface area contributed by atoms with Crippen molar-refractivity contribution < 1.29 is 14.6 Å². The lowest BCUT2D eigenvalue weighted by Gasteiger charge is -2.10. The first kappa shape index (κ1) is 11.1. The molecule has 0 unspecified atom stereocenters. The van der Waals surface area contributed by atoms with E-state index in [0.29, 0.717) is 5.56 Å². The number of rotatable bonds is 4. The lowest BCUT2D eigenvalue weighted by atomic mass is 10.0. The maximum Gasteiger partial charge on any atom is 0.339 e. The van der Waals surface area contributed by atoms with Crippen LogP contribution in [0.4, 0.5) is 0 Å². The van der Waals surface area contributed by atoms with Gasteiger partial charge in [0.25, 0.3) is 0 Å². The van der Waals surface area contributed by atoms with E-state index in [1.807, 2.05) is 6.07 Å². The molecule has 2 rings (SSSR count). The molecule has 0 bridgehead atoms. The molecule has 0 spiro atoms. The Hall–Kier alpha value is -1.42. The Labute approximate surface area is 94.3 Å². The monoisotopic (exact) mass is 221 g/mol. The Balaban J connectivity index is 2.05. The van der Waals surface area contributed by atoms with Crippen LogP contribution < -0.4 is 0 Å². The van der Waals surface area contributed by atoms with Crippen molar-refractivity contribution in [2.45, 2.75) is 19.3 Å². The lowest BCUT2D eigenvalue weighted by molar-refractivity contribution is 0.0600. The van der Waals surface area contributed by atoms with Crippen LogP contribution in [0.15, 0.2) is 18.3 Å². The van der Waals surface area contributed by atoms with Gasteiger partial charge in [0.05, 0.1) is 12.7 Å². The summed E-state index contributed by atoms with van der Waals surface area (Å²) in [7, 11) is 1.35. The molecule has 0 amide bonds. The zero-order valence-electron chi connectivity index (χ0n) is 9.27. The van der Waals surface area contributed by atoms with E-state index in [0.717, 1.165) is 25.0 Å². The van der Waals surface area contributed by atoms with Crippen molar-refractivity contribution >= 4 is 5.97 Å². The lowest BCUT2D eigenvalue weighted by Crippen LogP contribution is -2.11. The van der Waals surface area contributed by atoms with Gasteiger partial charge in [0, 0.05) is 18.5 Å². The van der Waals surface area contributed by atoms with Crippen molar-refractivity contribution in [3.05, 3.63) is 29.6 Å². The molecule has 4 heteroatoms. The van der Waals surface area contributed by atoms with Crippen LogP contribution in [0.3, 0.4) is 0 Å². The summed E-state index contributed by atoms with van der Waals surface area (Å²) in [5.74, 6) is -0.373. The molecule has 0 aliphatic heterocycles. The number of nitrogens with zero attached hydrogens (tertiary/aromatic N) is 1. The summed E-state index contributed by atoms with van der Waals surface area (Å²) in [6.45, 7) is 0.216. The van der Waals surface area contributed by atoms with Crippen molar-refractivity contribution in [3.8, 4) is 0 Å². The topological polar surface area (TPSA) is 59.4 Å². The molecule has 86 valence electrons. The van der Waals surface area contributed by atoms with Crippen molar-refractivity contribution in [1.29, 1.82) is 0 Å². The van der Waals surface area contributed by atoms with Crippen LogP contribution in [0.2, 0.25) is 0 Å². The van der Waals surface area contributed by atoms with Gasteiger partial charge in [-0.2, -0.15) is 0 Å². The molecule has 1 aliphatic carbocycles. The fourth-order valence-electron chi connectivity index (χ4n) is 1.72. The Morgan fingerprint density at radius 2 is 2.31 bits per heavy atom. The number of hydrogen-bond acceptors (Lipinski definition) is 4. The van der Waals surface area contributed by atoms with Gasteiger partial charge in [0.15, 0.2) is 0 Å². The predicted molar refractivity (Wildman–Crippen MR) is 58.0 cm³/mol. The van der Waals surface area contributed by atoms with E-state index >= 15 is 0 Å². The van der Waals surface area contributed by atoms with E-state index in [4.69, 9.17) is 0 Å². The number of carbonyl (C=O) groups excluding carboxylic acids is 1. The van der Waals surface area contributed by atoms with Crippen LogP contribution in [0, 0.1) is 5.41 Å². The third-order valence-electron chi connectivity index (χ3n) is 3.09. The number of ether oxygens (including phenoxy) is 1. The van der Waals surface area contributed by atoms with Crippen LogP contribution in [0.5, 0.6) is 0 Å². The summed E-state index contributed by atoms with van der Waals surface area (Å²) in [6.07, 6.45) is 4.42. The molecule has 1 heterocycles. The second kappa shape index (κ2) is 4.22. The molecule has 0 radical (unpaired) electrons. The molecule has 1 aromatic rings. The van der Waals surface area contributed by atoms with Crippen LogP contribution in [-0.2, 0) is 11.2 Å². The van der Waals surface area contributed by atoms with Crippen molar-refractivity contribution in [3.63, 3.8) is 0 Å².